The van der Waals surface area contributed by atoms with Crippen molar-refractivity contribution in [3.8, 4) is 0 Å². The topological polar surface area (TPSA) is 57.6 Å². The van der Waals surface area contributed by atoms with Gasteiger partial charge in [-0.05, 0) is 30.4 Å². The zero-order chi connectivity index (χ0) is 14.7. The highest BCUT2D eigenvalue weighted by atomic mass is 32.2. The Morgan fingerprint density at radius 2 is 1.80 bits per heavy atom. The Hall–Kier alpha value is -0.910. The lowest BCUT2D eigenvalue weighted by atomic mass is 9.55. The van der Waals surface area contributed by atoms with E-state index in [9.17, 15) is 13.5 Å². The average molecular weight is 295 g/mol. The predicted octanol–water partition coefficient (Wildman–Crippen LogP) is 1.63. The summed E-state index contributed by atoms with van der Waals surface area (Å²) in [6.07, 6.45) is -0.397. The summed E-state index contributed by atoms with van der Waals surface area (Å²) in [5.41, 5.74) is 0.865. The Morgan fingerprint density at radius 3 is 2.35 bits per heavy atom. The summed E-state index contributed by atoms with van der Waals surface area (Å²) in [4.78, 5) is 0.344. The molecule has 1 aromatic carbocycles. The van der Waals surface area contributed by atoms with E-state index in [1.165, 1.54) is 4.31 Å². The molecule has 4 nitrogen and oxygen atoms in total. The molecule has 0 radical (unpaired) electrons. The second-order valence-electron chi connectivity index (χ2n) is 6.67. The number of hydrogen-bond acceptors (Lipinski definition) is 3. The van der Waals surface area contributed by atoms with Crippen molar-refractivity contribution in [2.24, 2.45) is 17.3 Å². The molecule has 1 heterocycles. The van der Waals surface area contributed by atoms with Crippen LogP contribution in [-0.4, -0.2) is 37.0 Å². The molecule has 1 N–H and O–H groups in total. The Balaban J connectivity index is 1.86. The Bertz CT molecular complexity index is 621. The van der Waals surface area contributed by atoms with E-state index in [0.717, 1.165) is 5.56 Å². The monoisotopic (exact) mass is 295 g/mol. The second-order valence-corrected chi connectivity index (χ2v) is 8.61. The molecule has 0 bridgehead atoms. The number of fused-ring (bicyclic) bond motifs is 1. The lowest BCUT2D eigenvalue weighted by molar-refractivity contribution is -0.135. The van der Waals surface area contributed by atoms with Gasteiger partial charge in [-0.1, -0.05) is 31.5 Å². The average Bonchev–Trinajstić information content (AvgIpc) is 2.82. The number of hydrogen-bond donors (Lipinski definition) is 1. The molecular weight excluding hydrogens is 274 g/mol. The van der Waals surface area contributed by atoms with Crippen molar-refractivity contribution in [2.45, 2.75) is 31.8 Å². The SMILES string of the molecule is Cc1ccc(S(=O)(=O)N2CC3C(O)C(C)(C)C3C2)cc1. The molecule has 3 atom stereocenters. The number of aliphatic hydroxyl groups excluding tert-OH is 1. The van der Waals surface area contributed by atoms with Crippen LogP contribution in [0.5, 0.6) is 0 Å². The molecule has 1 aliphatic carbocycles. The molecule has 1 aliphatic heterocycles. The van der Waals surface area contributed by atoms with Crippen LogP contribution in [0.1, 0.15) is 19.4 Å². The normalized spacial score (nSPS) is 32.7. The lowest BCUT2D eigenvalue weighted by Gasteiger charge is -2.52. The van der Waals surface area contributed by atoms with E-state index in [-0.39, 0.29) is 17.3 Å². The van der Waals surface area contributed by atoms with Gasteiger partial charge in [-0.3, -0.25) is 0 Å². The van der Waals surface area contributed by atoms with Crippen molar-refractivity contribution < 1.29 is 13.5 Å². The molecule has 3 rings (SSSR count). The van der Waals surface area contributed by atoms with Crippen LogP contribution in [0.4, 0.5) is 0 Å². The van der Waals surface area contributed by atoms with Gasteiger partial charge in [0.2, 0.25) is 10.0 Å². The van der Waals surface area contributed by atoms with Crippen LogP contribution in [0.15, 0.2) is 29.2 Å². The molecule has 110 valence electrons. The Labute approximate surface area is 120 Å². The number of sulfonamides is 1. The van der Waals surface area contributed by atoms with Crippen LogP contribution in [0.25, 0.3) is 0 Å². The minimum absolute atomic E-state index is 0.0882. The zero-order valence-electron chi connectivity index (χ0n) is 12.1. The fourth-order valence-corrected chi connectivity index (χ4v) is 5.11. The third kappa shape index (κ3) is 1.84. The van der Waals surface area contributed by atoms with Gasteiger partial charge in [0.25, 0.3) is 0 Å². The quantitative estimate of drug-likeness (QED) is 0.902. The first-order valence-electron chi connectivity index (χ1n) is 6.99. The molecule has 0 aromatic heterocycles. The molecule has 1 saturated carbocycles. The number of aryl methyl sites for hydroxylation is 1. The second kappa shape index (κ2) is 4.29. The highest BCUT2D eigenvalue weighted by molar-refractivity contribution is 7.89. The molecule has 1 saturated heterocycles. The van der Waals surface area contributed by atoms with E-state index in [2.05, 4.69) is 0 Å². The summed E-state index contributed by atoms with van der Waals surface area (Å²) in [5.74, 6) is 0.350. The molecule has 20 heavy (non-hydrogen) atoms. The van der Waals surface area contributed by atoms with E-state index in [0.29, 0.717) is 18.0 Å². The highest BCUT2D eigenvalue weighted by Gasteiger charge is 2.60. The van der Waals surface area contributed by atoms with Gasteiger partial charge in [0.1, 0.15) is 0 Å². The van der Waals surface area contributed by atoms with Gasteiger partial charge in [0, 0.05) is 19.0 Å². The van der Waals surface area contributed by atoms with Gasteiger partial charge in [0.05, 0.1) is 11.0 Å². The molecule has 3 unspecified atom stereocenters. The maximum Gasteiger partial charge on any atom is 0.243 e. The summed E-state index contributed by atoms with van der Waals surface area (Å²) in [6, 6.07) is 6.95. The standard InChI is InChI=1S/C15H21NO3S/c1-10-4-6-11(7-5-10)20(18,19)16-8-12-13(9-16)15(2,3)14(12)17/h4-7,12-14,17H,8-9H2,1-3H3. The molecule has 0 spiro atoms. The van der Waals surface area contributed by atoms with Crippen molar-refractivity contribution in [3.63, 3.8) is 0 Å². The summed E-state index contributed by atoms with van der Waals surface area (Å²) in [7, 11) is -3.43. The predicted molar refractivity (Wildman–Crippen MR) is 76.7 cm³/mol. The van der Waals surface area contributed by atoms with Gasteiger partial charge < -0.3 is 5.11 Å². The van der Waals surface area contributed by atoms with Crippen molar-refractivity contribution in [1.82, 2.24) is 4.31 Å². The summed E-state index contributed by atoms with van der Waals surface area (Å²) < 4.78 is 26.8. The summed E-state index contributed by atoms with van der Waals surface area (Å²) in [5, 5.41) is 10.1. The maximum absolute atomic E-state index is 12.6. The number of aliphatic hydroxyl groups is 1. The number of nitrogens with zero attached hydrogens (tertiary/aromatic N) is 1. The van der Waals surface area contributed by atoms with Crippen LogP contribution in [0.2, 0.25) is 0 Å². The van der Waals surface area contributed by atoms with Crippen LogP contribution in [-0.2, 0) is 10.0 Å². The van der Waals surface area contributed by atoms with Gasteiger partial charge in [-0.2, -0.15) is 4.31 Å². The molecule has 2 fully saturated rings. The van der Waals surface area contributed by atoms with Crippen LogP contribution >= 0.6 is 0 Å². The van der Waals surface area contributed by atoms with E-state index in [4.69, 9.17) is 0 Å². The fourth-order valence-electron chi connectivity index (χ4n) is 3.61. The minimum atomic E-state index is -3.43. The minimum Gasteiger partial charge on any atom is -0.392 e. The van der Waals surface area contributed by atoms with Crippen molar-refractivity contribution in [2.75, 3.05) is 13.1 Å². The first-order chi connectivity index (χ1) is 9.24. The van der Waals surface area contributed by atoms with Crippen LogP contribution in [0, 0.1) is 24.2 Å². The number of rotatable bonds is 2. The Kier molecular flexibility index (Phi) is 3.01. The van der Waals surface area contributed by atoms with E-state index >= 15 is 0 Å². The van der Waals surface area contributed by atoms with Crippen molar-refractivity contribution in [1.29, 1.82) is 0 Å². The third-order valence-electron chi connectivity index (χ3n) is 5.11. The van der Waals surface area contributed by atoms with Gasteiger partial charge >= 0.3 is 0 Å². The van der Waals surface area contributed by atoms with Gasteiger partial charge in [0.15, 0.2) is 0 Å². The van der Waals surface area contributed by atoms with Crippen LogP contribution < -0.4 is 0 Å². The highest BCUT2D eigenvalue weighted by Crippen LogP contribution is 2.55. The fraction of sp³-hybridized carbons (Fsp3) is 0.600. The smallest absolute Gasteiger partial charge is 0.243 e. The first kappa shape index (κ1) is 14.0. The van der Waals surface area contributed by atoms with Crippen molar-refractivity contribution >= 4 is 10.0 Å². The van der Waals surface area contributed by atoms with Gasteiger partial charge in [-0.15, -0.1) is 0 Å². The van der Waals surface area contributed by atoms with E-state index in [1.54, 1.807) is 12.1 Å². The number of benzene rings is 1. The van der Waals surface area contributed by atoms with E-state index < -0.39 is 16.1 Å². The first-order valence-corrected chi connectivity index (χ1v) is 8.43. The maximum atomic E-state index is 12.6. The van der Waals surface area contributed by atoms with E-state index in [1.807, 2.05) is 32.9 Å². The Morgan fingerprint density at radius 1 is 1.20 bits per heavy atom. The van der Waals surface area contributed by atoms with Crippen molar-refractivity contribution in [3.05, 3.63) is 29.8 Å². The zero-order valence-corrected chi connectivity index (χ0v) is 12.9. The summed E-state index contributed by atoms with van der Waals surface area (Å²) in [6.45, 7) is 6.92. The van der Waals surface area contributed by atoms with Gasteiger partial charge in [-0.25, -0.2) is 8.42 Å². The molecule has 2 aliphatic rings. The lowest BCUT2D eigenvalue weighted by Crippen LogP contribution is -2.57. The third-order valence-corrected chi connectivity index (χ3v) is 6.96. The molecular formula is C15H21NO3S. The summed E-state index contributed by atoms with van der Waals surface area (Å²) >= 11 is 0. The molecule has 0 amide bonds. The largest absolute Gasteiger partial charge is 0.392 e. The molecule has 1 aromatic rings. The van der Waals surface area contributed by atoms with Crippen LogP contribution in [0.3, 0.4) is 0 Å². The molecule has 5 heteroatoms.